The summed E-state index contributed by atoms with van der Waals surface area (Å²) in [6, 6.07) is 0.463. The lowest BCUT2D eigenvalue weighted by Crippen LogP contribution is -2.45. The fourth-order valence-corrected chi connectivity index (χ4v) is 3.32. The van der Waals surface area contributed by atoms with Crippen LogP contribution in [0.15, 0.2) is 11.8 Å². The summed E-state index contributed by atoms with van der Waals surface area (Å²) in [7, 11) is 0. The number of aliphatic hydroxyl groups is 1. The number of carbonyl (C=O) groups is 1. The first-order chi connectivity index (χ1) is 10.2. The highest BCUT2D eigenvalue weighted by Gasteiger charge is 2.23. The highest BCUT2D eigenvalue weighted by atomic mass is 16.3. The van der Waals surface area contributed by atoms with Crippen molar-refractivity contribution in [2.24, 2.45) is 0 Å². The maximum atomic E-state index is 12.6. The number of likely N-dealkylation sites (N-methyl/N-ethyl adjacent to an activating group) is 1. The van der Waals surface area contributed by atoms with Gasteiger partial charge in [0.15, 0.2) is 0 Å². The van der Waals surface area contributed by atoms with Gasteiger partial charge in [0.1, 0.15) is 0 Å². The van der Waals surface area contributed by atoms with Crippen LogP contribution in [0.25, 0.3) is 0 Å². The third kappa shape index (κ3) is 4.80. The predicted octanol–water partition coefficient (Wildman–Crippen LogP) is 0.949. The zero-order valence-corrected chi connectivity index (χ0v) is 13.2. The molecule has 1 saturated heterocycles. The van der Waals surface area contributed by atoms with Crippen molar-refractivity contribution in [2.45, 2.75) is 45.1 Å². The lowest BCUT2D eigenvalue weighted by molar-refractivity contribution is -0.130. The smallest absolute Gasteiger partial charge is 0.240 e. The Labute approximate surface area is 128 Å². The first-order valence-corrected chi connectivity index (χ1v) is 8.30. The largest absolute Gasteiger partial charge is 0.395 e. The third-order valence-corrected chi connectivity index (χ3v) is 4.40. The zero-order valence-electron chi connectivity index (χ0n) is 13.2. The van der Waals surface area contributed by atoms with Crippen LogP contribution in [-0.2, 0) is 4.79 Å². The standard InChI is InChI=1S/C16H29N3O2/c1-2-19(15-7-3-4-8-15)16(21)13-18(10-11-20)12-14-6-5-9-17-14/h7,14,17,20H,2-6,8-13H2,1H3. The second kappa shape index (κ2) is 8.51. The van der Waals surface area contributed by atoms with Gasteiger partial charge < -0.3 is 15.3 Å². The van der Waals surface area contributed by atoms with Crippen molar-refractivity contribution in [3.05, 3.63) is 11.8 Å². The number of amides is 1. The molecule has 0 aromatic carbocycles. The van der Waals surface area contributed by atoms with E-state index in [9.17, 15) is 9.90 Å². The zero-order chi connectivity index (χ0) is 15.1. The van der Waals surface area contributed by atoms with E-state index in [4.69, 9.17) is 0 Å². The van der Waals surface area contributed by atoms with E-state index < -0.39 is 0 Å². The number of allylic oxidation sites excluding steroid dienone is 2. The van der Waals surface area contributed by atoms with Crippen LogP contribution in [0.4, 0.5) is 0 Å². The van der Waals surface area contributed by atoms with Gasteiger partial charge in [-0.1, -0.05) is 6.08 Å². The summed E-state index contributed by atoms with van der Waals surface area (Å²) in [6.07, 6.45) is 7.83. The molecule has 1 heterocycles. The number of aliphatic hydroxyl groups excluding tert-OH is 1. The van der Waals surface area contributed by atoms with E-state index in [2.05, 4.69) is 16.3 Å². The molecule has 1 aliphatic carbocycles. The van der Waals surface area contributed by atoms with Crippen molar-refractivity contribution in [3.8, 4) is 0 Å². The van der Waals surface area contributed by atoms with Gasteiger partial charge >= 0.3 is 0 Å². The van der Waals surface area contributed by atoms with E-state index in [-0.39, 0.29) is 12.5 Å². The van der Waals surface area contributed by atoms with E-state index in [1.807, 2.05) is 11.8 Å². The van der Waals surface area contributed by atoms with Crippen LogP contribution in [-0.4, -0.2) is 66.2 Å². The summed E-state index contributed by atoms with van der Waals surface area (Å²) < 4.78 is 0. The van der Waals surface area contributed by atoms with Crippen LogP contribution in [0.2, 0.25) is 0 Å². The van der Waals surface area contributed by atoms with Crippen molar-refractivity contribution in [3.63, 3.8) is 0 Å². The molecule has 5 heteroatoms. The fraction of sp³-hybridized carbons (Fsp3) is 0.812. The summed E-state index contributed by atoms with van der Waals surface area (Å²) in [5.41, 5.74) is 1.19. The van der Waals surface area contributed by atoms with Crippen molar-refractivity contribution in [2.75, 3.05) is 39.3 Å². The van der Waals surface area contributed by atoms with Gasteiger partial charge in [-0.15, -0.1) is 0 Å². The molecule has 0 aromatic rings. The molecule has 21 heavy (non-hydrogen) atoms. The van der Waals surface area contributed by atoms with E-state index in [1.165, 1.54) is 18.5 Å². The van der Waals surface area contributed by atoms with Gasteiger partial charge in [-0.25, -0.2) is 0 Å². The van der Waals surface area contributed by atoms with Crippen LogP contribution in [0, 0.1) is 0 Å². The molecule has 2 rings (SSSR count). The Hall–Kier alpha value is -0.910. The molecule has 0 spiro atoms. The van der Waals surface area contributed by atoms with Crippen LogP contribution >= 0.6 is 0 Å². The van der Waals surface area contributed by atoms with Crippen LogP contribution in [0.3, 0.4) is 0 Å². The topological polar surface area (TPSA) is 55.8 Å². The highest BCUT2D eigenvalue weighted by Crippen LogP contribution is 2.21. The normalized spacial score (nSPS) is 21.9. The molecular weight excluding hydrogens is 266 g/mol. The molecule has 2 aliphatic rings. The maximum Gasteiger partial charge on any atom is 0.240 e. The Morgan fingerprint density at radius 2 is 2.33 bits per heavy atom. The summed E-state index contributed by atoms with van der Waals surface area (Å²) in [4.78, 5) is 16.6. The quantitative estimate of drug-likeness (QED) is 0.700. The third-order valence-electron chi connectivity index (χ3n) is 4.40. The van der Waals surface area contributed by atoms with Crippen molar-refractivity contribution in [1.82, 2.24) is 15.1 Å². The minimum Gasteiger partial charge on any atom is -0.395 e. The summed E-state index contributed by atoms with van der Waals surface area (Å²) in [5.74, 6) is 0.164. The highest BCUT2D eigenvalue weighted by molar-refractivity contribution is 5.80. The Bertz CT molecular complexity index is 365. The summed E-state index contributed by atoms with van der Waals surface area (Å²) in [5, 5.41) is 12.7. The predicted molar refractivity (Wildman–Crippen MR) is 83.9 cm³/mol. The molecule has 0 saturated carbocycles. The molecule has 120 valence electrons. The van der Waals surface area contributed by atoms with Gasteiger partial charge in [0.05, 0.1) is 13.2 Å². The van der Waals surface area contributed by atoms with Crippen LogP contribution < -0.4 is 5.32 Å². The second-order valence-electron chi connectivity index (χ2n) is 5.98. The van der Waals surface area contributed by atoms with E-state index in [0.717, 1.165) is 38.9 Å². The Morgan fingerprint density at radius 3 is 2.90 bits per heavy atom. The second-order valence-corrected chi connectivity index (χ2v) is 5.98. The summed E-state index contributed by atoms with van der Waals surface area (Å²) >= 11 is 0. The van der Waals surface area contributed by atoms with Gasteiger partial charge in [0.2, 0.25) is 5.91 Å². The summed E-state index contributed by atoms with van der Waals surface area (Å²) in [6.45, 7) is 5.77. The van der Waals surface area contributed by atoms with Crippen molar-refractivity contribution >= 4 is 5.91 Å². The SMILES string of the molecule is CCN(C(=O)CN(CCO)CC1CCCN1)C1=CCCC1. The number of nitrogens with zero attached hydrogens (tertiary/aromatic N) is 2. The molecule has 1 amide bonds. The van der Waals surface area contributed by atoms with Gasteiger partial charge in [-0.05, 0) is 45.6 Å². The molecule has 0 bridgehead atoms. The first-order valence-electron chi connectivity index (χ1n) is 8.30. The maximum absolute atomic E-state index is 12.6. The number of nitrogens with one attached hydrogen (secondary N) is 1. The van der Waals surface area contributed by atoms with Gasteiger partial charge in [0, 0.05) is 31.4 Å². The van der Waals surface area contributed by atoms with Crippen LogP contribution in [0.1, 0.15) is 39.0 Å². The monoisotopic (exact) mass is 295 g/mol. The lowest BCUT2D eigenvalue weighted by Gasteiger charge is -2.28. The molecule has 2 N–H and O–H groups in total. The molecular formula is C16H29N3O2. The first kappa shape index (κ1) is 16.5. The fourth-order valence-electron chi connectivity index (χ4n) is 3.32. The van der Waals surface area contributed by atoms with Gasteiger partial charge in [0.25, 0.3) is 0 Å². The molecule has 0 radical (unpaired) electrons. The molecule has 1 atom stereocenters. The van der Waals surface area contributed by atoms with E-state index >= 15 is 0 Å². The average molecular weight is 295 g/mol. The number of carbonyl (C=O) groups excluding carboxylic acids is 1. The van der Waals surface area contributed by atoms with Crippen molar-refractivity contribution < 1.29 is 9.90 Å². The Balaban J connectivity index is 1.89. The molecule has 0 aromatic heterocycles. The minimum absolute atomic E-state index is 0.106. The molecule has 1 fully saturated rings. The van der Waals surface area contributed by atoms with E-state index in [0.29, 0.717) is 19.1 Å². The lowest BCUT2D eigenvalue weighted by atomic mass is 10.2. The van der Waals surface area contributed by atoms with Gasteiger partial charge in [-0.2, -0.15) is 0 Å². The Morgan fingerprint density at radius 1 is 1.48 bits per heavy atom. The number of hydrogen-bond donors (Lipinski definition) is 2. The average Bonchev–Trinajstić information content (AvgIpc) is 3.13. The molecule has 5 nitrogen and oxygen atoms in total. The van der Waals surface area contributed by atoms with E-state index in [1.54, 1.807) is 0 Å². The number of hydrogen-bond acceptors (Lipinski definition) is 4. The minimum atomic E-state index is 0.106. The van der Waals surface area contributed by atoms with Crippen LogP contribution in [0.5, 0.6) is 0 Å². The van der Waals surface area contributed by atoms with Crippen molar-refractivity contribution in [1.29, 1.82) is 0 Å². The number of rotatable bonds is 8. The Kier molecular flexibility index (Phi) is 6.67. The molecule has 1 aliphatic heterocycles. The molecule has 1 unspecified atom stereocenters. The van der Waals surface area contributed by atoms with Gasteiger partial charge in [-0.3, -0.25) is 9.69 Å².